The second kappa shape index (κ2) is 9.13. The van der Waals surface area contributed by atoms with Gasteiger partial charge in [0.2, 0.25) is 0 Å². The van der Waals surface area contributed by atoms with Crippen molar-refractivity contribution >= 4 is 23.5 Å². The zero-order chi connectivity index (χ0) is 18.2. The van der Waals surface area contributed by atoms with Crippen LogP contribution in [-0.4, -0.2) is 34.9 Å². The lowest BCUT2D eigenvalue weighted by Gasteiger charge is -2.23. The standard InChI is InChI=1S/C18H18ClFN2O3/c1-2-25-16(23)8-10-22(12-13-5-4-9-21-11-13)18(24)17-14(19)6-3-7-15(17)20/h3-7,9,11H,2,8,10,12H2,1H3. The molecule has 0 fully saturated rings. The summed E-state index contributed by atoms with van der Waals surface area (Å²) in [6, 6.07) is 7.58. The minimum Gasteiger partial charge on any atom is -0.466 e. The highest BCUT2D eigenvalue weighted by Crippen LogP contribution is 2.22. The van der Waals surface area contributed by atoms with E-state index >= 15 is 0 Å². The number of esters is 1. The van der Waals surface area contributed by atoms with Crippen LogP contribution in [0.4, 0.5) is 4.39 Å². The van der Waals surface area contributed by atoms with Crippen LogP contribution in [0.3, 0.4) is 0 Å². The summed E-state index contributed by atoms with van der Waals surface area (Å²) in [5.41, 5.74) is 0.545. The van der Waals surface area contributed by atoms with Crippen molar-refractivity contribution in [1.82, 2.24) is 9.88 Å². The number of carbonyl (C=O) groups excluding carboxylic acids is 2. The summed E-state index contributed by atoms with van der Waals surface area (Å²) in [6.07, 6.45) is 3.22. The molecule has 0 bridgehead atoms. The molecule has 1 amide bonds. The summed E-state index contributed by atoms with van der Waals surface area (Å²) in [4.78, 5) is 29.8. The molecule has 132 valence electrons. The number of hydrogen-bond acceptors (Lipinski definition) is 4. The maximum absolute atomic E-state index is 14.1. The van der Waals surface area contributed by atoms with Gasteiger partial charge in [-0.15, -0.1) is 0 Å². The largest absolute Gasteiger partial charge is 0.466 e. The van der Waals surface area contributed by atoms with Gasteiger partial charge in [-0.1, -0.05) is 23.7 Å². The molecule has 0 spiro atoms. The fourth-order valence-electron chi connectivity index (χ4n) is 2.28. The summed E-state index contributed by atoms with van der Waals surface area (Å²) in [7, 11) is 0. The first-order chi connectivity index (χ1) is 12.0. The Kier molecular flexibility index (Phi) is 6.89. The first-order valence-electron chi connectivity index (χ1n) is 7.80. The molecule has 0 radical (unpaired) electrons. The number of halogens is 2. The average Bonchev–Trinajstić information content (AvgIpc) is 2.59. The minimum absolute atomic E-state index is 0.00587. The predicted molar refractivity (Wildman–Crippen MR) is 91.6 cm³/mol. The van der Waals surface area contributed by atoms with Crippen molar-refractivity contribution in [3.63, 3.8) is 0 Å². The van der Waals surface area contributed by atoms with E-state index in [4.69, 9.17) is 16.3 Å². The molecular formula is C18H18ClFN2O3. The van der Waals surface area contributed by atoms with Crippen LogP contribution < -0.4 is 0 Å². The molecular weight excluding hydrogens is 347 g/mol. The Morgan fingerprint density at radius 2 is 2.08 bits per heavy atom. The van der Waals surface area contributed by atoms with Crippen molar-refractivity contribution in [3.8, 4) is 0 Å². The number of pyridine rings is 1. The van der Waals surface area contributed by atoms with Crippen molar-refractivity contribution in [1.29, 1.82) is 0 Å². The Morgan fingerprint density at radius 3 is 2.72 bits per heavy atom. The molecule has 25 heavy (non-hydrogen) atoms. The van der Waals surface area contributed by atoms with Crippen LogP contribution in [0, 0.1) is 5.82 Å². The Morgan fingerprint density at radius 1 is 1.28 bits per heavy atom. The molecule has 7 heteroatoms. The zero-order valence-corrected chi connectivity index (χ0v) is 14.5. The van der Waals surface area contributed by atoms with Gasteiger partial charge in [0.15, 0.2) is 0 Å². The Balaban J connectivity index is 2.23. The number of ether oxygens (including phenoxy) is 1. The molecule has 2 rings (SSSR count). The average molecular weight is 365 g/mol. The lowest BCUT2D eigenvalue weighted by Crippen LogP contribution is -2.33. The number of aromatic nitrogens is 1. The molecule has 1 heterocycles. The van der Waals surface area contributed by atoms with Gasteiger partial charge in [0.25, 0.3) is 5.91 Å². The summed E-state index contributed by atoms with van der Waals surface area (Å²) in [5, 5.41) is 0.0253. The lowest BCUT2D eigenvalue weighted by atomic mass is 10.1. The second-order valence-electron chi connectivity index (χ2n) is 5.24. The minimum atomic E-state index is -0.704. The lowest BCUT2D eigenvalue weighted by molar-refractivity contribution is -0.143. The number of nitrogens with zero attached hydrogens (tertiary/aromatic N) is 2. The Bertz CT molecular complexity index is 720. The van der Waals surface area contributed by atoms with E-state index in [1.807, 2.05) is 0 Å². The molecule has 0 aliphatic rings. The van der Waals surface area contributed by atoms with E-state index < -0.39 is 17.7 Å². The van der Waals surface area contributed by atoms with Gasteiger partial charge in [0.1, 0.15) is 5.82 Å². The number of benzene rings is 1. The van der Waals surface area contributed by atoms with E-state index in [0.717, 1.165) is 5.56 Å². The monoisotopic (exact) mass is 364 g/mol. The summed E-state index contributed by atoms with van der Waals surface area (Å²) in [6.45, 7) is 2.22. The number of rotatable bonds is 7. The highest BCUT2D eigenvalue weighted by atomic mass is 35.5. The molecule has 0 saturated heterocycles. The van der Waals surface area contributed by atoms with E-state index in [2.05, 4.69) is 4.98 Å². The first kappa shape index (κ1) is 18.9. The number of amides is 1. The van der Waals surface area contributed by atoms with E-state index in [-0.39, 0.29) is 36.7 Å². The molecule has 1 aromatic carbocycles. The molecule has 0 atom stereocenters. The van der Waals surface area contributed by atoms with Crippen LogP contribution in [0.1, 0.15) is 29.3 Å². The van der Waals surface area contributed by atoms with Gasteiger partial charge >= 0.3 is 5.97 Å². The van der Waals surface area contributed by atoms with Gasteiger partial charge in [0.05, 0.1) is 23.6 Å². The first-order valence-corrected chi connectivity index (χ1v) is 8.18. The Labute approximate surface area is 150 Å². The van der Waals surface area contributed by atoms with Crippen LogP contribution >= 0.6 is 11.6 Å². The highest BCUT2D eigenvalue weighted by Gasteiger charge is 2.23. The van der Waals surface area contributed by atoms with Gasteiger partial charge in [-0.2, -0.15) is 0 Å². The summed E-state index contributed by atoms with van der Waals surface area (Å²) < 4.78 is 19.0. The van der Waals surface area contributed by atoms with Crippen LogP contribution in [0.2, 0.25) is 5.02 Å². The fourth-order valence-corrected chi connectivity index (χ4v) is 2.53. The maximum Gasteiger partial charge on any atom is 0.307 e. The van der Waals surface area contributed by atoms with Gasteiger partial charge in [0, 0.05) is 25.5 Å². The maximum atomic E-state index is 14.1. The predicted octanol–water partition coefficient (Wildman–Crippen LogP) is 3.47. The van der Waals surface area contributed by atoms with Crippen molar-refractivity contribution in [2.45, 2.75) is 19.9 Å². The van der Waals surface area contributed by atoms with Gasteiger partial charge in [-0.05, 0) is 30.7 Å². The fraction of sp³-hybridized carbons (Fsp3) is 0.278. The van der Waals surface area contributed by atoms with Crippen molar-refractivity contribution in [2.75, 3.05) is 13.2 Å². The number of carbonyl (C=O) groups is 2. The van der Waals surface area contributed by atoms with Crippen molar-refractivity contribution < 1.29 is 18.7 Å². The van der Waals surface area contributed by atoms with Gasteiger partial charge in [-0.3, -0.25) is 14.6 Å². The molecule has 0 aliphatic heterocycles. The number of hydrogen-bond donors (Lipinski definition) is 0. The van der Waals surface area contributed by atoms with E-state index in [0.29, 0.717) is 0 Å². The summed E-state index contributed by atoms with van der Waals surface area (Å²) >= 11 is 5.99. The van der Waals surface area contributed by atoms with E-state index in [1.165, 1.54) is 23.1 Å². The Hall–Kier alpha value is -2.47. The third-order valence-corrected chi connectivity index (χ3v) is 3.77. The molecule has 2 aromatic rings. The van der Waals surface area contributed by atoms with E-state index in [1.54, 1.807) is 31.5 Å². The third-order valence-electron chi connectivity index (χ3n) is 3.45. The molecule has 0 unspecified atom stereocenters. The smallest absolute Gasteiger partial charge is 0.307 e. The SMILES string of the molecule is CCOC(=O)CCN(Cc1cccnc1)C(=O)c1c(F)cccc1Cl. The highest BCUT2D eigenvalue weighted by molar-refractivity contribution is 6.33. The van der Waals surface area contributed by atoms with Crippen molar-refractivity contribution in [2.24, 2.45) is 0 Å². The zero-order valence-electron chi connectivity index (χ0n) is 13.7. The topological polar surface area (TPSA) is 59.5 Å². The molecule has 1 aromatic heterocycles. The normalized spacial score (nSPS) is 10.4. The molecule has 5 nitrogen and oxygen atoms in total. The van der Waals surface area contributed by atoms with Gasteiger partial charge < -0.3 is 9.64 Å². The third kappa shape index (κ3) is 5.26. The molecule has 0 N–H and O–H groups in total. The van der Waals surface area contributed by atoms with Crippen LogP contribution in [-0.2, 0) is 16.1 Å². The molecule has 0 saturated carbocycles. The molecule has 0 aliphatic carbocycles. The van der Waals surface area contributed by atoms with Crippen LogP contribution in [0.5, 0.6) is 0 Å². The van der Waals surface area contributed by atoms with Crippen molar-refractivity contribution in [3.05, 3.63) is 64.7 Å². The van der Waals surface area contributed by atoms with Crippen LogP contribution in [0.15, 0.2) is 42.7 Å². The van der Waals surface area contributed by atoms with Gasteiger partial charge in [-0.25, -0.2) is 4.39 Å². The van der Waals surface area contributed by atoms with Crippen LogP contribution in [0.25, 0.3) is 0 Å². The summed E-state index contributed by atoms with van der Waals surface area (Å²) in [5.74, 6) is -1.72. The second-order valence-corrected chi connectivity index (χ2v) is 5.65. The quantitative estimate of drug-likeness (QED) is 0.706. The van der Waals surface area contributed by atoms with E-state index in [9.17, 15) is 14.0 Å².